The Kier molecular flexibility index (Phi) is 9.32. The van der Waals surface area contributed by atoms with E-state index in [-0.39, 0.29) is 49.1 Å². The Morgan fingerprint density at radius 2 is 1.52 bits per heavy atom. The average Bonchev–Trinajstić information content (AvgIpc) is 3.74. The number of nitrogens with zero attached hydrogens (tertiary/aromatic N) is 1. The van der Waals surface area contributed by atoms with Gasteiger partial charge in [-0.3, -0.25) is 9.59 Å². The van der Waals surface area contributed by atoms with Gasteiger partial charge in [0.05, 0.1) is 4.90 Å². The first-order valence-electron chi connectivity index (χ1n) is 15.1. The summed E-state index contributed by atoms with van der Waals surface area (Å²) in [6.07, 6.45) is 2.07. The van der Waals surface area contributed by atoms with Crippen LogP contribution in [0.5, 0.6) is 11.5 Å². The van der Waals surface area contributed by atoms with Crippen LogP contribution in [0.2, 0.25) is 0 Å². The van der Waals surface area contributed by atoms with Gasteiger partial charge in [-0.1, -0.05) is 60.7 Å². The molecule has 1 heterocycles. The number of aryl methyl sites for hydroxylation is 1. The minimum atomic E-state index is -3.59. The average molecular weight is 644 g/mol. The summed E-state index contributed by atoms with van der Waals surface area (Å²) in [5, 5.41) is 2.98. The van der Waals surface area contributed by atoms with Gasteiger partial charge < -0.3 is 19.7 Å². The van der Waals surface area contributed by atoms with E-state index in [9.17, 15) is 22.4 Å². The molecule has 0 aromatic heterocycles. The minimum absolute atomic E-state index is 0.00108. The van der Waals surface area contributed by atoms with Gasteiger partial charge in [0, 0.05) is 25.6 Å². The summed E-state index contributed by atoms with van der Waals surface area (Å²) in [5.41, 5.74) is 2.87. The van der Waals surface area contributed by atoms with Gasteiger partial charge in [0.1, 0.15) is 11.9 Å². The number of carbonyl (C=O) groups is 2. The van der Waals surface area contributed by atoms with Crippen LogP contribution in [0.1, 0.15) is 47.6 Å². The van der Waals surface area contributed by atoms with Crippen LogP contribution in [0.4, 0.5) is 4.39 Å². The second-order valence-electron chi connectivity index (χ2n) is 11.4. The van der Waals surface area contributed by atoms with Gasteiger partial charge in [0.15, 0.2) is 11.5 Å². The smallest absolute Gasteiger partial charge is 0.247 e. The van der Waals surface area contributed by atoms with Crippen molar-refractivity contribution in [2.45, 2.75) is 55.8 Å². The van der Waals surface area contributed by atoms with Crippen LogP contribution in [0.3, 0.4) is 0 Å². The molecule has 1 aliphatic carbocycles. The number of ether oxygens (including phenoxy) is 2. The molecule has 0 unspecified atom stereocenters. The molecule has 238 valence electrons. The van der Waals surface area contributed by atoms with E-state index < -0.39 is 21.9 Å². The summed E-state index contributed by atoms with van der Waals surface area (Å²) in [6, 6.07) is 25.8. The van der Waals surface area contributed by atoms with Crippen LogP contribution in [-0.4, -0.2) is 38.0 Å². The van der Waals surface area contributed by atoms with Crippen LogP contribution >= 0.6 is 0 Å². The summed E-state index contributed by atoms with van der Waals surface area (Å²) < 4.78 is 52.4. The molecule has 4 aromatic rings. The van der Waals surface area contributed by atoms with E-state index in [1.165, 1.54) is 29.2 Å². The summed E-state index contributed by atoms with van der Waals surface area (Å²) in [4.78, 5) is 29.6. The first-order chi connectivity index (χ1) is 22.2. The second-order valence-corrected chi connectivity index (χ2v) is 13.1. The van der Waals surface area contributed by atoms with Crippen molar-refractivity contribution in [2.24, 2.45) is 0 Å². The highest BCUT2D eigenvalue weighted by Crippen LogP contribution is 2.33. The molecule has 1 aliphatic heterocycles. The lowest BCUT2D eigenvalue weighted by molar-refractivity contribution is -0.141. The Morgan fingerprint density at radius 3 is 2.24 bits per heavy atom. The number of hydrogen-bond acceptors (Lipinski definition) is 6. The third kappa shape index (κ3) is 7.72. The fourth-order valence-electron chi connectivity index (χ4n) is 5.27. The molecule has 6 rings (SSSR count). The number of fused-ring (bicyclic) bond motifs is 1. The van der Waals surface area contributed by atoms with Gasteiger partial charge >= 0.3 is 0 Å². The normalized spacial score (nSPS) is 14.5. The molecule has 0 radical (unpaired) electrons. The van der Waals surface area contributed by atoms with E-state index in [4.69, 9.17) is 9.47 Å². The Bertz CT molecular complexity index is 1800. The molecule has 11 heteroatoms. The monoisotopic (exact) mass is 643 g/mol. The van der Waals surface area contributed by atoms with E-state index in [0.717, 1.165) is 24.0 Å². The minimum Gasteiger partial charge on any atom is -0.454 e. The zero-order valence-electron chi connectivity index (χ0n) is 25.0. The highest BCUT2D eigenvalue weighted by atomic mass is 32.2. The van der Waals surface area contributed by atoms with Crippen molar-refractivity contribution in [3.05, 3.63) is 125 Å². The summed E-state index contributed by atoms with van der Waals surface area (Å²) in [6.45, 7) is 0.408. The number of rotatable bonds is 13. The quantitative estimate of drug-likeness (QED) is 0.212. The number of amides is 2. The maximum absolute atomic E-state index is 14.0. The number of sulfonamides is 1. The largest absolute Gasteiger partial charge is 0.454 e. The third-order valence-electron chi connectivity index (χ3n) is 7.93. The number of halogens is 1. The van der Waals surface area contributed by atoms with Crippen molar-refractivity contribution in [1.82, 2.24) is 14.9 Å². The molecule has 46 heavy (non-hydrogen) atoms. The van der Waals surface area contributed by atoms with Crippen molar-refractivity contribution >= 4 is 21.8 Å². The lowest BCUT2D eigenvalue weighted by Gasteiger charge is -2.32. The van der Waals surface area contributed by atoms with Gasteiger partial charge in [-0.05, 0) is 77.9 Å². The van der Waals surface area contributed by atoms with Crippen molar-refractivity contribution < 1.29 is 31.9 Å². The van der Waals surface area contributed by atoms with E-state index in [0.29, 0.717) is 29.0 Å². The lowest BCUT2D eigenvalue weighted by Crippen LogP contribution is -2.43. The van der Waals surface area contributed by atoms with Crippen molar-refractivity contribution in [3.63, 3.8) is 0 Å². The van der Waals surface area contributed by atoms with Crippen molar-refractivity contribution in [2.75, 3.05) is 6.79 Å². The Morgan fingerprint density at radius 1 is 0.848 bits per heavy atom. The molecule has 0 saturated heterocycles. The van der Waals surface area contributed by atoms with E-state index in [1.54, 1.807) is 48.5 Å². The lowest BCUT2D eigenvalue weighted by atomic mass is 10.0. The number of carbonyl (C=O) groups excluding carboxylic acids is 2. The van der Waals surface area contributed by atoms with Gasteiger partial charge in [-0.15, -0.1) is 0 Å². The maximum atomic E-state index is 14.0. The summed E-state index contributed by atoms with van der Waals surface area (Å²) in [7, 11) is -3.59. The zero-order valence-corrected chi connectivity index (χ0v) is 25.8. The zero-order chi connectivity index (χ0) is 32.1. The van der Waals surface area contributed by atoms with Gasteiger partial charge in [-0.25, -0.2) is 17.5 Å². The molecule has 1 saturated carbocycles. The molecule has 1 atom stereocenters. The first-order valence-corrected chi connectivity index (χ1v) is 16.6. The number of hydrogen-bond donors (Lipinski definition) is 2. The Balaban J connectivity index is 1.22. The fourth-order valence-corrected chi connectivity index (χ4v) is 6.58. The van der Waals surface area contributed by atoms with Gasteiger partial charge in [0.25, 0.3) is 0 Å². The topological polar surface area (TPSA) is 114 Å². The summed E-state index contributed by atoms with van der Waals surface area (Å²) in [5.74, 6) is 0.171. The van der Waals surface area contributed by atoms with E-state index >= 15 is 0 Å². The maximum Gasteiger partial charge on any atom is 0.247 e. The predicted octanol–water partition coefficient (Wildman–Crippen LogP) is 5.01. The molecule has 1 fully saturated rings. The Hall–Kier alpha value is -4.74. The fraction of sp³-hybridized carbons (Fsp3) is 0.257. The molecule has 0 spiro atoms. The first kappa shape index (κ1) is 31.3. The highest BCUT2D eigenvalue weighted by Gasteiger charge is 2.32. The molecule has 2 N–H and O–H groups in total. The molecule has 2 amide bonds. The van der Waals surface area contributed by atoms with Gasteiger partial charge in [-0.2, -0.15) is 0 Å². The van der Waals surface area contributed by atoms with Gasteiger partial charge in [0.2, 0.25) is 28.6 Å². The van der Waals surface area contributed by atoms with Crippen LogP contribution in [0.15, 0.2) is 102 Å². The second kappa shape index (κ2) is 13.7. The third-order valence-corrected chi connectivity index (χ3v) is 9.46. The SMILES string of the molecule is O=C(NCc1ccc2c(c1)OCO2)[C@@H](c1ccccc1)N(Cc1ccc(F)cc1)C(=O)CCc1ccc(S(=O)(=O)NC2CC2)cc1. The summed E-state index contributed by atoms with van der Waals surface area (Å²) >= 11 is 0. The molecular formula is C35H34FN3O6S. The van der Waals surface area contributed by atoms with E-state index in [2.05, 4.69) is 10.0 Å². The highest BCUT2D eigenvalue weighted by molar-refractivity contribution is 7.89. The van der Waals surface area contributed by atoms with Crippen LogP contribution < -0.4 is 19.5 Å². The Labute approximate surface area is 267 Å². The predicted molar refractivity (Wildman–Crippen MR) is 169 cm³/mol. The van der Waals surface area contributed by atoms with Crippen LogP contribution in [-0.2, 0) is 39.1 Å². The number of benzene rings is 4. The van der Waals surface area contributed by atoms with E-state index in [1.807, 2.05) is 24.3 Å². The molecular weight excluding hydrogens is 609 g/mol. The standard InChI is InChI=1S/C35H34FN3O6S/c36-28-12-6-25(7-13-28)22-39(33(40)19-11-24-8-16-30(17-9-24)46(42,43)38-29-14-15-29)34(27-4-2-1-3-5-27)35(41)37-21-26-10-18-31-32(20-26)45-23-44-31/h1-10,12-13,16-18,20,29,34,38H,11,14-15,19,21-23H2,(H,37,41)/t34-/m1/s1. The van der Waals surface area contributed by atoms with Crippen LogP contribution in [0.25, 0.3) is 0 Å². The molecule has 0 bridgehead atoms. The molecule has 4 aromatic carbocycles. The van der Waals surface area contributed by atoms with Crippen molar-refractivity contribution in [3.8, 4) is 11.5 Å². The van der Waals surface area contributed by atoms with Crippen LogP contribution in [0, 0.1) is 5.82 Å². The molecule has 2 aliphatic rings. The number of nitrogens with one attached hydrogen (secondary N) is 2. The van der Waals surface area contributed by atoms with Crippen molar-refractivity contribution in [1.29, 1.82) is 0 Å². The molecule has 9 nitrogen and oxygen atoms in total.